The van der Waals surface area contributed by atoms with Gasteiger partial charge in [-0.05, 0) is 6.42 Å². The van der Waals surface area contributed by atoms with Gasteiger partial charge >= 0.3 is 0 Å². The van der Waals surface area contributed by atoms with E-state index in [4.69, 9.17) is 29.4 Å². The molecule has 2 heterocycles. The number of rotatable bonds is 10. The summed E-state index contributed by atoms with van der Waals surface area (Å²) in [6.07, 6.45) is -21.4. The highest BCUT2D eigenvalue weighted by atomic mass is 16.7. The van der Waals surface area contributed by atoms with Crippen LogP contribution in [0.1, 0.15) is 6.42 Å². The Hall–Kier alpha value is -0.640. The molecule has 37 heavy (non-hydrogen) atoms. The van der Waals surface area contributed by atoms with Gasteiger partial charge in [-0.1, -0.05) is 0 Å². The summed E-state index contributed by atoms with van der Waals surface area (Å²) in [4.78, 5) is 0. The molecule has 3 rings (SSSR count). The van der Waals surface area contributed by atoms with Crippen LogP contribution in [0.25, 0.3) is 0 Å². The topological polar surface area (TPSA) is 274 Å². The average molecular weight is 546 g/mol. The Morgan fingerprint density at radius 2 is 1.16 bits per heavy atom. The minimum atomic E-state index is -1.84. The van der Waals surface area contributed by atoms with Crippen LogP contribution in [-0.4, -0.2) is 170 Å². The van der Waals surface area contributed by atoms with Crippen molar-refractivity contribution < 1.29 is 74.7 Å². The molecule has 16 nitrogen and oxygen atoms in total. The van der Waals surface area contributed by atoms with Crippen molar-refractivity contribution in [3.8, 4) is 0 Å². The summed E-state index contributed by atoms with van der Waals surface area (Å²) in [7, 11) is 0. The van der Waals surface area contributed by atoms with Crippen molar-refractivity contribution in [3.63, 3.8) is 0 Å². The molecule has 15 atom stereocenters. The number of aliphatic hydroxyl groups excluding tert-OH is 10. The lowest BCUT2D eigenvalue weighted by Crippen LogP contribution is -2.66. The number of ether oxygens (including phenoxy) is 5. The van der Waals surface area contributed by atoms with Crippen molar-refractivity contribution in [2.45, 2.75) is 92.2 Å². The molecule has 12 N–H and O–H groups in total. The zero-order valence-corrected chi connectivity index (χ0v) is 20.0. The van der Waals surface area contributed by atoms with Gasteiger partial charge in [0.25, 0.3) is 0 Å². The van der Waals surface area contributed by atoms with Gasteiger partial charge in [-0.15, -0.1) is 0 Å². The van der Waals surface area contributed by atoms with Gasteiger partial charge in [0.1, 0.15) is 61.0 Å². The van der Waals surface area contributed by atoms with Crippen LogP contribution in [0, 0.1) is 5.92 Å². The Bertz CT molecular complexity index is 686. The zero-order chi connectivity index (χ0) is 27.4. The summed E-state index contributed by atoms with van der Waals surface area (Å²) in [6, 6.07) is 0. The summed E-state index contributed by atoms with van der Waals surface area (Å²) in [6.45, 7) is -1.85. The second-order valence-corrected chi connectivity index (χ2v) is 9.46. The first kappa shape index (κ1) is 30.9. The van der Waals surface area contributed by atoms with E-state index in [2.05, 4.69) is 0 Å². The fourth-order valence-corrected chi connectivity index (χ4v) is 4.83. The first-order valence-corrected chi connectivity index (χ1v) is 12.1. The van der Waals surface area contributed by atoms with Crippen LogP contribution in [0.5, 0.6) is 0 Å². The molecule has 1 saturated carbocycles. The van der Waals surface area contributed by atoms with E-state index in [1.807, 2.05) is 0 Å². The minimum absolute atomic E-state index is 0.000931. The zero-order valence-electron chi connectivity index (χ0n) is 20.0. The van der Waals surface area contributed by atoms with Crippen molar-refractivity contribution >= 4 is 0 Å². The molecule has 0 spiro atoms. The van der Waals surface area contributed by atoms with E-state index >= 15 is 0 Å². The van der Waals surface area contributed by atoms with Crippen LogP contribution in [0.3, 0.4) is 0 Å². The summed E-state index contributed by atoms with van der Waals surface area (Å²) in [5.41, 5.74) is 5.36. The number of hydrogen-bond acceptors (Lipinski definition) is 16. The van der Waals surface area contributed by atoms with E-state index < -0.39 is 112 Å². The standard InChI is InChI=1S/C21H39NO15/c22-1-2-33-20-16(31)14(29)19(10(6-25)35-20)37-21-17(32)15(30)18(9(5-24)36-21)34-8-3-7(4-23)11(26)13(28)12(8)27/h7-21,23-32H,1-6,22H2/t7?,8-,9?,10-,11-,12?,13-,14?,15+,16?,17?,18-,19+,20+,21-/m0/s1. The molecule has 0 aromatic carbocycles. The fraction of sp³-hybridized carbons (Fsp3) is 1.00. The molecule has 0 bridgehead atoms. The largest absolute Gasteiger partial charge is 0.396 e. The third kappa shape index (κ3) is 6.58. The highest BCUT2D eigenvalue weighted by molar-refractivity contribution is 4.98. The fourth-order valence-electron chi connectivity index (χ4n) is 4.83. The number of nitrogens with two attached hydrogens (primary N) is 1. The van der Waals surface area contributed by atoms with Crippen LogP contribution >= 0.6 is 0 Å². The lowest BCUT2D eigenvalue weighted by molar-refractivity contribution is -0.365. The molecular weight excluding hydrogens is 506 g/mol. The molecule has 0 radical (unpaired) electrons. The third-order valence-electron chi connectivity index (χ3n) is 7.00. The SMILES string of the molecule is NCCO[C@@H]1O[C@@H](CO)[C@@H](O[C@@H]2OC(CO)[C@H](O[C@H]3CC(CO)[C@H](O)[C@H](O)C3O)[C@H](O)C2O)C(O)C1O. The van der Waals surface area contributed by atoms with E-state index in [0.29, 0.717) is 0 Å². The maximum atomic E-state index is 10.8. The monoisotopic (exact) mass is 545 g/mol. The van der Waals surface area contributed by atoms with E-state index in [9.17, 15) is 51.1 Å². The first-order chi connectivity index (χ1) is 17.6. The quantitative estimate of drug-likeness (QED) is 0.122. The van der Waals surface area contributed by atoms with Crippen LogP contribution in [-0.2, 0) is 23.7 Å². The average Bonchev–Trinajstić information content (AvgIpc) is 2.90. The second-order valence-electron chi connectivity index (χ2n) is 9.46. The highest BCUT2D eigenvalue weighted by Crippen LogP contribution is 2.34. The van der Waals surface area contributed by atoms with Crippen LogP contribution < -0.4 is 5.73 Å². The van der Waals surface area contributed by atoms with Crippen molar-refractivity contribution in [1.82, 2.24) is 0 Å². The van der Waals surface area contributed by atoms with Crippen LogP contribution in [0.2, 0.25) is 0 Å². The molecular formula is C21H39NO15. The summed E-state index contributed by atoms with van der Waals surface area (Å²) >= 11 is 0. The van der Waals surface area contributed by atoms with Gasteiger partial charge in [0, 0.05) is 19.1 Å². The predicted molar refractivity (Wildman–Crippen MR) is 117 cm³/mol. The van der Waals surface area contributed by atoms with Gasteiger partial charge in [0.15, 0.2) is 12.6 Å². The van der Waals surface area contributed by atoms with Crippen molar-refractivity contribution in [2.24, 2.45) is 11.7 Å². The van der Waals surface area contributed by atoms with Gasteiger partial charge in [-0.2, -0.15) is 0 Å². The molecule has 3 aliphatic rings. The van der Waals surface area contributed by atoms with Gasteiger partial charge < -0.3 is 80.5 Å². The smallest absolute Gasteiger partial charge is 0.187 e. The molecule has 0 amide bonds. The second kappa shape index (κ2) is 13.6. The van der Waals surface area contributed by atoms with E-state index in [1.54, 1.807) is 0 Å². The van der Waals surface area contributed by atoms with Crippen molar-refractivity contribution in [2.75, 3.05) is 33.0 Å². The predicted octanol–water partition coefficient (Wildman–Crippen LogP) is -6.93. The molecule has 2 aliphatic heterocycles. The lowest BCUT2D eigenvalue weighted by Gasteiger charge is -2.48. The van der Waals surface area contributed by atoms with Crippen molar-refractivity contribution in [3.05, 3.63) is 0 Å². The summed E-state index contributed by atoms with van der Waals surface area (Å²) in [5, 5.41) is 102. The van der Waals surface area contributed by atoms with E-state index in [-0.39, 0.29) is 19.6 Å². The van der Waals surface area contributed by atoms with Gasteiger partial charge in [0.2, 0.25) is 0 Å². The van der Waals surface area contributed by atoms with Gasteiger partial charge in [-0.25, -0.2) is 0 Å². The number of hydrogen-bond donors (Lipinski definition) is 11. The Labute approximate surface area is 212 Å². The van der Waals surface area contributed by atoms with Crippen LogP contribution in [0.4, 0.5) is 0 Å². The highest BCUT2D eigenvalue weighted by Gasteiger charge is 2.53. The molecule has 0 aromatic heterocycles. The van der Waals surface area contributed by atoms with E-state index in [0.717, 1.165) is 0 Å². The first-order valence-electron chi connectivity index (χ1n) is 12.1. The molecule has 3 fully saturated rings. The normalized spacial score (nSPS) is 49.2. The van der Waals surface area contributed by atoms with E-state index in [1.165, 1.54) is 0 Å². The summed E-state index contributed by atoms with van der Waals surface area (Å²) < 4.78 is 27.5. The third-order valence-corrected chi connectivity index (χ3v) is 7.00. The minimum Gasteiger partial charge on any atom is -0.396 e. The summed E-state index contributed by atoms with van der Waals surface area (Å²) in [5.74, 6) is -0.842. The Kier molecular flexibility index (Phi) is 11.4. The Balaban J connectivity index is 1.70. The molecule has 16 heteroatoms. The van der Waals surface area contributed by atoms with Gasteiger partial charge in [-0.3, -0.25) is 0 Å². The lowest BCUT2D eigenvalue weighted by atomic mass is 9.81. The van der Waals surface area contributed by atoms with Crippen molar-refractivity contribution in [1.29, 1.82) is 0 Å². The molecule has 0 aromatic rings. The maximum Gasteiger partial charge on any atom is 0.187 e. The van der Waals surface area contributed by atoms with Gasteiger partial charge in [0.05, 0.1) is 32.0 Å². The van der Waals surface area contributed by atoms with Crippen LogP contribution in [0.15, 0.2) is 0 Å². The molecule has 218 valence electrons. The Morgan fingerprint density at radius 3 is 1.70 bits per heavy atom. The molecule has 1 aliphatic carbocycles. The number of aliphatic hydroxyl groups is 10. The maximum absolute atomic E-state index is 10.8. The molecule has 6 unspecified atom stereocenters. The molecule has 2 saturated heterocycles. The Morgan fingerprint density at radius 1 is 0.622 bits per heavy atom.